The van der Waals surface area contributed by atoms with E-state index in [9.17, 15) is 22.4 Å². The van der Waals surface area contributed by atoms with E-state index in [1.54, 1.807) is 19.2 Å². The highest BCUT2D eigenvalue weighted by Gasteiger charge is 2.25. The number of nitrogens with one attached hydrogen (secondary N) is 1. The van der Waals surface area contributed by atoms with Crippen LogP contribution in [0.1, 0.15) is 5.56 Å². The molecule has 3 rings (SSSR count). The molecule has 0 bridgehead atoms. The van der Waals surface area contributed by atoms with Crippen molar-refractivity contribution in [1.29, 1.82) is 0 Å². The number of carboxylic acid groups (broad SMARTS) is 2. The van der Waals surface area contributed by atoms with E-state index in [4.69, 9.17) is 14.6 Å². The van der Waals surface area contributed by atoms with E-state index in [2.05, 4.69) is 10.3 Å². The summed E-state index contributed by atoms with van der Waals surface area (Å²) in [4.78, 5) is 22.7. The second-order valence-corrected chi connectivity index (χ2v) is 7.59. The molecule has 0 aliphatic carbocycles. The minimum Gasteiger partial charge on any atom is -0.478 e. The Bertz CT molecular complexity index is 1170. The van der Waals surface area contributed by atoms with Gasteiger partial charge in [0.2, 0.25) is 11.0 Å². The van der Waals surface area contributed by atoms with Crippen LogP contribution in [-0.4, -0.2) is 46.6 Å². The van der Waals surface area contributed by atoms with Crippen molar-refractivity contribution in [2.45, 2.75) is 11.6 Å². The number of rotatable bonds is 7. The molecule has 0 aliphatic heterocycles. The quantitative estimate of drug-likeness (QED) is 0.361. The Balaban J connectivity index is 0.000000366. The number of pyridine rings is 1. The van der Waals surface area contributed by atoms with E-state index in [0.29, 0.717) is 24.3 Å². The number of carbonyl (C=O) groups is 2. The molecule has 0 spiro atoms. The monoisotopic (exact) mass is 451 g/mol. The lowest BCUT2D eigenvalue weighted by atomic mass is 10.2. The third-order valence-electron chi connectivity index (χ3n) is 3.64. The molecule has 0 atom stereocenters. The number of hydrogen-bond acceptors (Lipinski definition) is 7. The van der Waals surface area contributed by atoms with Gasteiger partial charge in [-0.2, -0.15) is 12.8 Å². The molecular weight excluding hydrogens is 433 g/mol. The maximum atomic E-state index is 14.0. The fourth-order valence-electron chi connectivity index (χ4n) is 2.42. The van der Waals surface area contributed by atoms with E-state index in [1.807, 2.05) is 0 Å². The van der Waals surface area contributed by atoms with Crippen molar-refractivity contribution in [3.05, 3.63) is 72.7 Å². The topological polar surface area (TPSA) is 152 Å². The number of aromatic nitrogens is 2. The zero-order valence-electron chi connectivity index (χ0n) is 16.1. The van der Waals surface area contributed by atoms with Crippen molar-refractivity contribution in [3.8, 4) is 11.3 Å². The molecule has 0 saturated heterocycles. The third kappa shape index (κ3) is 6.10. The van der Waals surface area contributed by atoms with Crippen LogP contribution in [0.15, 0.2) is 70.7 Å². The second kappa shape index (κ2) is 10.3. The molecule has 3 heterocycles. The average Bonchev–Trinajstić information content (AvgIpc) is 3.38. The van der Waals surface area contributed by atoms with Crippen molar-refractivity contribution in [3.63, 3.8) is 0 Å². The zero-order valence-corrected chi connectivity index (χ0v) is 16.9. The summed E-state index contributed by atoms with van der Waals surface area (Å²) in [5.41, 5.74) is 0.989. The molecule has 3 aromatic rings. The van der Waals surface area contributed by atoms with Gasteiger partial charge >= 0.3 is 22.0 Å². The van der Waals surface area contributed by atoms with Gasteiger partial charge in [-0.1, -0.05) is 0 Å². The Kier molecular flexibility index (Phi) is 7.82. The van der Waals surface area contributed by atoms with Crippen molar-refractivity contribution >= 4 is 22.0 Å². The molecule has 12 heteroatoms. The Hall–Kier alpha value is -3.77. The highest BCUT2D eigenvalue weighted by atomic mass is 32.2. The number of nitrogens with zero attached hydrogens (tertiary/aromatic N) is 2. The van der Waals surface area contributed by atoms with E-state index >= 15 is 0 Å². The van der Waals surface area contributed by atoms with Crippen LogP contribution >= 0.6 is 0 Å². The number of hydrogen-bond donors (Lipinski definition) is 3. The van der Waals surface area contributed by atoms with Crippen LogP contribution < -0.4 is 5.32 Å². The van der Waals surface area contributed by atoms with Crippen LogP contribution in [0.4, 0.5) is 4.39 Å². The Morgan fingerprint density at radius 2 is 1.90 bits per heavy atom. The second-order valence-electron chi connectivity index (χ2n) is 5.85. The number of halogens is 1. The van der Waals surface area contributed by atoms with Gasteiger partial charge in [-0.25, -0.2) is 18.5 Å². The van der Waals surface area contributed by atoms with Crippen LogP contribution in [-0.2, 0) is 26.2 Å². The highest BCUT2D eigenvalue weighted by molar-refractivity contribution is 7.89. The smallest absolute Gasteiger partial charge is 0.328 e. The molecule has 31 heavy (non-hydrogen) atoms. The molecule has 0 fully saturated rings. The van der Waals surface area contributed by atoms with Gasteiger partial charge in [0.15, 0.2) is 0 Å². The Morgan fingerprint density at radius 1 is 1.23 bits per heavy atom. The van der Waals surface area contributed by atoms with Gasteiger partial charge in [0.1, 0.15) is 0 Å². The Labute approximate surface area is 176 Å². The van der Waals surface area contributed by atoms with Crippen molar-refractivity contribution in [2.24, 2.45) is 0 Å². The number of carboxylic acids is 2. The fourth-order valence-corrected chi connectivity index (χ4v) is 3.73. The molecule has 0 unspecified atom stereocenters. The number of furan rings is 1. The molecule has 0 aromatic carbocycles. The lowest BCUT2D eigenvalue weighted by Crippen LogP contribution is -2.13. The maximum absolute atomic E-state index is 14.0. The molecule has 3 N–H and O–H groups in total. The van der Waals surface area contributed by atoms with E-state index in [-0.39, 0.29) is 16.3 Å². The first-order valence-electron chi connectivity index (χ1n) is 8.56. The molecule has 0 radical (unpaired) electrons. The first-order chi connectivity index (χ1) is 14.7. The summed E-state index contributed by atoms with van der Waals surface area (Å²) in [6.07, 6.45) is 5.14. The van der Waals surface area contributed by atoms with Gasteiger partial charge in [0.25, 0.3) is 0 Å². The molecule has 0 saturated carbocycles. The summed E-state index contributed by atoms with van der Waals surface area (Å²) in [6, 6.07) is 7.46. The summed E-state index contributed by atoms with van der Waals surface area (Å²) in [5, 5.41) is 18.3. The predicted molar refractivity (Wildman–Crippen MR) is 106 cm³/mol. The van der Waals surface area contributed by atoms with E-state index in [1.165, 1.54) is 36.9 Å². The summed E-state index contributed by atoms with van der Waals surface area (Å²) in [6.45, 7) is 0.440. The largest absolute Gasteiger partial charge is 0.478 e. The minimum atomic E-state index is -3.96. The minimum absolute atomic E-state index is 0.102. The molecular formula is C19H18FN3O7S. The Morgan fingerprint density at radius 3 is 2.42 bits per heavy atom. The number of aliphatic carboxylic acids is 2. The van der Waals surface area contributed by atoms with Gasteiger partial charge in [-0.3, -0.25) is 0 Å². The van der Waals surface area contributed by atoms with E-state index < -0.39 is 27.9 Å². The van der Waals surface area contributed by atoms with Crippen LogP contribution in [0.25, 0.3) is 11.3 Å². The maximum Gasteiger partial charge on any atom is 0.328 e. The standard InChI is InChI=1S/C15H14FN3O3S.C4H4O4/c1-17-9-11-8-13(12-4-2-6-18-15(12)16)19(10-11)23(20,21)14-5-3-7-22-14;5-3(6)1-2-4(7)8/h2-8,10,17H,9H2,1H3;1-2H,(H,5,6)(H,7,8). The summed E-state index contributed by atoms with van der Waals surface area (Å²) >= 11 is 0. The SMILES string of the molecule is CNCc1cc(-c2cccnc2F)n(S(=O)(=O)c2ccco2)c1.O=C(O)C=CC(=O)O. The highest BCUT2D eigenvalue weighted by Crippen LogP contribution is 2.28. The van der Waals surface area contributed by atoms with Gasteiger partial charge < -0.3 is 19.9 Å². The molecule has 164 valence electrons. The first-order valence-corrected chi connectivity index (χ1v) is 10.0. The van der Waals surface area contributed by atoms with Gasteiger partial charge in [-0.15, -0.1) is 0 Å². The summed E-state index contributed by atoms with van der Waals surface area (Å²) < 4.78 is 45.5. The molecule has 10 nitrogen and oxygen atoms in total. The summed E-state index contributed by atoms with van der Waals surface area (Å²) in [7, 11) is -2.22. The zero-order chi connectivity index (χ0) is 23.0. The van der Waals surface area contributed by atoms with Gasteiger partial charge in [-0.05, 0) is 42.9 Å². The lowest BCUT2D eigenvalue weighted by Gasteiger charge is -2.08. The van der Waals surface area contributed by atoms with Crippen LogP contribution in [0.2, 0.25) is 0 Å². The van der Waals surface area contributed by atoms with Crippen molar-refractivity contribution in [1.82, 2.24) is 14.3 Å². The van der Waals surface area contributed by atoms with Crippen molar-refractivity contribution < 1.29 is 37.0 Å². The predicted octanol–water partition coefficient (Wildman–Crippen LogP) is 1.95. The van der Waals surface area contributed by atoms with Crippen molar-refractivity contribution in [2.75, 3.05) is 7.05 Å². The normalized spacial score (nSPS) is 11.2. The van der Waals surface area contributed by atoms with Gasteiger partial charge in [0.05, 0.1) is 17.5 Å². The average molecular weight is 451 g/mol. The lowest BCUT2D eigenvalue weighted by molar-refractivity contribution is -0.134. The molecule has 0 aliphatic rings. The fraction of sp³-hybridized carbons (Fsp3) is 0.105. The van der Waals surface area contributed by atoms with Gasteiger partial charge in [0, 0.05) is 31.1 Å². The summed E-state index contributed by atoms with van der Waals surface area (Å²) in [5.74, 6) is -3.25. The molecule has 0 amide bonds. The first kappa shape index (κ1) is 23.5. The van der Waals surface area contributed by atoms with Crippen LogP contribution in [0.5, 0.6) is 0 Å². The van der Waals surface area contributed by atoms with Crippen LogP contribution in [0.3, 0.4) is 0 Å². The molecule has 3 aromatic heterocycles. The van der Waals surface area contributed by atoms with E-state index in [0.717, 1.165) is 3.97 Å². The van der Waals surface area contributed by atoms with Crippen LogP contribution in [0, 0.1) is 5.95 Å². The third-order valence-corrected chi connectivity index (χ3v) is 5.20.